The molecule has 12 heteroatoms. The van der Waals surface area contributed by atoms with Crippen molar-refractivity contribution in [3.8, 4) is 11.8 Å². The monoisotopic (exact) mass is 477 g/mol. The van der Waals surface area contributed by atoms with Crippen molar-refractivity contribution >= 4 is 35.0 Å². The first-order valence-corrected chi connectivity index (χ1v) is 9.56. The Morgan fingerprint density at radius 3 is 2.48 bits per heavy atom. The van der Waals surface area contributed by atoms with Gasteiger partial charge in [-0.3, -0.25) is 10.1 Å². The summed E-state index contributed by atoms with van der Waals surface area (Å²) in [6, 6.07) is 11.2. The number of rotatable bonds is 4. The Balaban J connectivity index is 2.10. The summed E-state index contributed by atoms with van der Waals surface area (Å²) in [4.78, 5) is 24.8. The molecule has 1 aromatic heterocycles. The summed E-state index contributed by atoms with van der Waals surface area (Å²) < 4.78 is 45.4. The number of anilines is 2. The quantitative estimate of drug-likeness (QED) is 0.539. The third kappa shape index (κ3) is 5.07. The van der Waals surface area contributed by atoms with Gasteiger partial charge >= 0.3 is 12.3 Å². The summed E-state index contributed by atoms with van der Waals surface area (Å²) >= 11 is 6.11. The molecule has 8 nitrogen and oxygen atoms in total. The first-order chi connectivity index (χ1) is 15.5. The van der Waals surface area contributed by atoms with E-state index in [9.17, 15) is 28.0 Å². The number of benzene rings is 2. The molecule has 33 heavy (non-hydrogen) atoms. The minimum Gasteiger partial charge on any atom is -0.453 e. The van der Waals surface area contributed by atoms with E-state index in [0.717, 1.165) is 11.8 Å². The van der Waals surface area contributed by atoms with E-state index in [0.29, 0.717) is 11.6 Å². The number of alkyl halides is 3. The number of aromatic nitrogens is 2. The normalized spacial score (nSPS) is 10.9. The molecule has 0 unspecified atom stereocenters. The number of aryl methyl sites for hydroxylation is 1. The van der Waals surface area contributed by atoms with Crippen molar-refractivity contribution in [1.82, 2.24) is 9.78 Å². The molecule has 0 atom stereocenters. The van der Waals surface area contributed by atoms with Crippen LogP contribution in [0, 0.1) is 18.3 Å². The first kappa shape index (κ1) is 23.6. The molecule has 2 N–H and O–H groups in total. The maximum Gasteiger partial charge on any atom is 0.435 e. The predicted molar refractivity (Wildman–Crippen MR) is 113 cm³/mol. The highest BCUT2D eigenvalue weighted by atomic mass is 35.5. The van der Waals surface area contributed by atoms with Crippen LogP contribution >= 0.6 is 11.6 Å². The van der Waals surface area contributed by atoms with Crippen LogP contribution in [-0.2, 0) is 10.9 Å². The largest absolute Gasteiger partial charge is 0.453 e. The zero-order valence-electron chi connectivity index (χ0n) is 17.1. The Kier molecular flexibility index (Phi) is 6.60. The zero-order valence-corrected chi connectivity index (χ0v) is 17.9. The number of methoxy groups -OCH3 is 1. The number of nitriles is 1. The number of halogens is 4. The Morgan fingerprint density at radius 1 is 1.18 bits per heavy atom. The molecule has 0 bridgehead atoms. The summed E-state index contributed by atoms with van der Waals surface area (Å²) in [6.07, 6.45) is -5.69. The molecule has 0 aliphatic rings. The number of ether oxygens (including phenoxy) is 1. The highest BCUT2D eigenvalue weighted by molar-refractivity contribution is 6.32. The van der Waals surface area contributed by atoms with Gasteiger partial charge in [-0.05, 0) is 36.8 Å². The molecule has 0 spiro atoms. The van der Waals surface area contributed by atoms with Gasteiger partial charge in [0.1, 0.15) is 5.69 Å². The molecule has 2 aromatic carbocycles. The average Bonchev–Trinajstić information content (AvgIpc) is 3.22. The Hall–Kier alpha value is -4.04. The molecule has 0 saturated heterocycles. The van der Waals surface area contributed by atoms with Crippen molar-refractivity contribution in [1.29, 1.82) is 5.26 Å². The lowest BCUT2D eigenvalue weighted by Crippen LogP contribution is -2.20. The fourth-order valence-electron chi connectivity index (χ4n) is 2.94. The van der Waals surface area contributed by atoms with Crippen molar-refractivity contribution in [3.05, 3.63) is 70.0 Å². The Bertz CT molecular complexity index is 1280. The van der Waals surface area contributed by atoms with Gasteiger partial charge in [-0.1, -0.05) is 23.7 Å². The molecular formula is C21H15ClF3N5O3. The van der Waals surface area contributed by atoms with E-state index in [-0.39, 0.29) is 27.6 Å². The van der Waals surface area contributed by atoms with Gasteiger partial charge in [-0.15, -0.1) is 0 Å². The van der Waals surface area contributed by atoms with E-state index in [1.807, 2.05) is 6.07 Å². The maximum atomic E-state index is 13.3. The van der Waals surface area contributed by atoms with E-state index in [2.05, 4.69) is 20.5 Å². The van der Waals surface area contributed by atoms with Gasteiger partial charge in [0.2, 0.25) is 0 Å². The van der Waals surface area contributed by atoms with Gasteiger partial charge in [-0.25, -0.2) is 9.48 Å². The van der Waals surface area contributed by atoms with E-state index in [1.165, 1.54) is 30.3 Å². The van der Waals surface area contributed by atoms with E-state index in [1.54, 1.807) is 13.0 Å². The maximum absolute atomic E-state index is 13.3. The highest BCUT2D eigenvalue weighted by Gasteiger charge is 2.36. The molecule has 170 valence electrons. The molecular weight excluding hydrogens is 463 g/mol. The number of para-hydroxylation sites is 1. The van der Waals surface area contributed by atoms with Gasteiger partial charge in [0.15, 0.2) is 5.69 Å². The van der Waals surface area contributed by atoms with Crippen molar-refractivity contribution in [3.63, 3.8) is 0 Å². The number of amides is 2. The summed E-state index contributed by atoms with van der Waals surface area (Å²) in [7, 11) is 1.12. The van der Waals surface area contributed by atoms with Gasteiger partial charge < -0.3 is 10.1 Å². The summed E-state index contributed by atoms with van der Waals surface area (Å²) in [5.74, 6) is -0.960. The van der Waals surface area contributed by atoms with Crippen LogP contribution in [0.4, 0.5) is 29.3 Å². The smallest absolute Gasteiger partial charge is 0.435 e. The zero-order chi connectivity index (χ0) is 24.3. The van der Waals surface area contributed by atoms with Gasteiger partial charge in [0.25, 0.3) is 5.91 Å². The lowest BCUT2D eigenvalue weighted by molar-refractivity contribution is -0.141. The molecule has 3 rings (SSSR count). The van der Waals surface area contributed by atoms with Crippen molar-refractivity contribution < 1.29 is 27.5 Å². The minimum atomic E-state index is -4.82. The predicted octanol–water partition coefficient (Wildman–Crippen LogP) is 5.16. The number of hydrogen-bond donors (Lipinski definition) is 2. The second-order valence-electron chi connectivity index (χ2n) is 6.67. The second-order valence-corrected chi connectivity index (χ2v) is 7.08. The number of nitrogens with one attached hydrogen (secondary N) is 2. The first-order valence-electron chi connectivity index (χ1n) is 9.18. The molecule has 0 aliphatic carbocycles. The molecule has 0 saturated carbocycles. The lowest BCUT2D eigenvalue weighted by Gasteiger charge is -2.16. The third-order valence-corrected chi connectivity index (χ3v) is 4.76. The van der Waals surface area contributed by atoms with Crippen LogP contribution in [0.15, 0.2) is 42.5 Å². The van der Waals surface area contributed by atoms with Crippen LogP contribution in [0.25, 0.3) is 5.69 Å². The third-order valence-electron chi connectivity index (χ3n) is 4.44. The summed E-state index contributed by atoms with van der Waals surface area (Å²) in [5.41, 5.74) is -1.06. The number of carbonyl (C=O) groups is 2. The van der Waals surface area contributed by atoms with Crippen LogP contribution in [0.3, 0.4) is 0 Å². The van der Waals surface area contributed by atoms with Crippen LogP contribution in [0.5, 0.6) is 0 Å². The van der Waals surface area contributed by atoms with Crippen molar-refractivity contribution in [2.45, 2.75) is 13.1 Å². The second kappa shape index (κ2) is 9.22. The number of nitrogens with zero attached hydrogens (tertiary/aromatic N) is 3. The fourth-order valence-corrected chi connectivity index (χ4v) is 3.16. The van der Waals surface area contributed by atoms with Crippen LogP contribution in [0.2, 0.25) is 5.02 Å². The van der Waals surface area contributed by atoms with Crippen LogP contribution in [-0.4, -0.2) is 28.9 Å². The lowest BCUT2D eigenvalue weighted by atomic mass is 10.1. The molecule has 2 amide bonds. The molecule has 0 fully saturated rings. The number of hydrogen-bond acceptors (Lipinski definition) is 5. The fraction of sp³-hybridized carbons (Fsp3) is 0.143. The van der Waals surface area contributed by atoms with E-state index < -0.39 is 29.6 Å². The standard InChI is InChI=1S/C21H15ClF3N5O3/c1-11-7-12(10-26)8-14(27-20(32)33-2)18(11)28-19(31)16-9-17(21(23,24)25)29-30(16)15-6-4-3-5-13(15)22/h3-9H,1-2H3,(H,27,32)(H,28,31). The molecule has 3 aromatic rings. The van der Waals surface area contributed by atoms with Crippen LogP contribution in [0.1, 0.15) is 27.3 Å². The SMILES string of the molecule is COC(=O)Nc1cc(C#N)cc(C)c1NC(=O)c1cc(C(F)(F)F)nn1-c1ccccc1Cl. The van der Waals surface area contributed by atoms with Gasteiger partial charge in [0, 0.05) is 6.07 Å². The topological polar surface area (TPSA) is 109 Å². The summed E-state index contributed by atoms with van der Waals surface area (Å²) in [5, 5.41) is 17.6. The van der Waals surface area contributed by atoms with Crippen molar-refractivity contribution in [2.75, 3.05) is 17.7 Å². The molecule has 1 heterocycles. The average molecular weight is 478 g/mol. The Labute approximate surface area is 190 Å². The Morgan fingerprint density at radius 2 is 1.88 bits per heavy atom. The van der Waals surface area contributed by atoms with E-state index in [4.69, 9.17) is 11.6 Å². The van der Waals surface area contributed by atoms with E-state index >= 15 is 0 Å². The van der Waals surface area contributed by atoms with Gasteiger partial charge in [0.05, 0.1) is 40.8 Å². The van der Waals surface area contributed by atoms with Crippen molar-refractivity contribution in [2.24, 2.45) is 0 Å². The molecule has 0 radical (unpaired) electrons. The molecule has 0 aliphatic heterocycles. The van der Waals surface area contributed by atoms with Crippen LogP contribution < -0.4 is 10.6 Å². The minimum absolute atomic E-state index is 0.0200. The number of carbonyl (C=O) groups excluding carboxylic acids is 2. The summed E-state index contributed by atoms with van der Waals surface area (Å²) in [6.45, 7) is 1.55. The van der Waals surface area contributed by atoms with Gasteiger partial charge in [-0.2, -0.15) is 23.5 Å². The highest BCUT2D eigenvalue weighted by Crippen LogP contribution is 2.32.